The second-order valence-corrected chi connectivity index (χ2v) is 5.26. The molecule has 0 bridgehead atoms. The van der Waals surface area contributed by atoms with Gasteiger partial charge in [-0.25, -0.2) is 15.0 Å². The lowest BCUT2D eigenvalue weighted by Crippen LogP contribution is -1.95. The van der Waals surface area contributed by atoms with Crippen LogP contribution in [-0.4, -0.2) is 19.5 Å². The van der Waals surface area contributed by atoms with E-state index in [1.807, 2.05) is 23.7 Å². The minimum Gasteiger partial charge on any atom is -0.382 e. The van der Waals surface area contributed by atoms with Crippen LogP contribution in [0.5, 0.6) is 0 Å². The van der Waals surface area contributed by atoms with Gasteiger partial charge in [0.15, 0.2) is 22.1 Å². The van der Waals surface area contributed by atoms with Crippen LogP contribution in [0, 0.1) is 6.92 Å². The van der Waals surface area contributed by atoms with Crippen LogP contribution < -0.4 is 5.73 Å². The highest BCUT2D eigenvalue weighted by molar-refractivity contribution is 7.99. The van der Waals surface area contributed by atoms with E-state index in [4.69, 9.17) is 5.73 Å². The Morgan fingerprint density at radius 2 is 2.00 bits per heavy atom. The number of aryl methyl sites for hydroxylation is 2. The summed E-state index contributed by atoms with van der Waals surface area (Å²) in [6.45, 7) is 2.08. The summed E-state index contributed by atoms with van der Waals surface area (Å²) in [4.78, 5) is 13.9. The van der Waals surface area contributed by atoms with Crippen molar-refractivity contribution in [2.75, 3.05) is 5.73 Å². The van der Waals surface area contributed by atoms with Gasteiger partial charge in [0, 0.05) is 11.9 Å². The molecule has 19 heavy (non-hydrogen) atoms. The van der Waals surface area contributed by atoms with Crippen LogP contribution >= 0.6 is 11.8 Å². The molecule has 0 amide bonds. The molecular formula is C13H13N5S. The van der Waals surface area contributed by atoms with Gasteiger partial charge in [0.1, 0.15) is 6.33 Å². The van der Waals surface area contributed by atoms with Gasteiger partial charge in [-0.2, -0.15) is 0 Å². The van der Waals surface area contributed by atoms with E-state index in [9.17, 15) is 0 Å². The highest BCUT2D eigenvalue weighted by Crippen LogP contribution is 2.31. The molecule has 0 aliphatic rings. The Bertz CT molecular complexity index is 750. The van der Waals surface area contributed by atoms with Crippen molar-refractivity contribution in [1.29, 1.82) is 0 Å². The third kappa shape index (κ3) is 2.04. The van der Waals surface area contributed by atoms with Crippen LogP contribution in [0.1, 0.15) is 5.56 Å². The molecule has 5 nitrogen and oxygen atoms in total. The van der Waals surface area contributed by atoms with Crippen molar-refractivity contribution in [2.24, 2.45) is 7.05 Å². The maximum atomic E-state index is 5.83. The maximum absolute atomic E-state index is 5.83. The van der Waals surface area contributed by atoms with E-state index in [-0.39, 0.29) is 0 Å². The normalized spacial score (nSPS) is 11.1. The Balaban J connectivity index is 2.09. The molecule has 2 N–H and O–H groups in total. The third-order valence-electron chi connectivity index (χ3n) is 2.94. The van der Waals surface area contributed by atoms with Crippen LogP contribution in [0.15, 0.2) is 40.6 Å². The smallest absolute Gasteiger partial charge is 0.175 e. The van der Waals surface area contributed by atoms with Crippen LogP contribution in [-0.2, 0) is 7.05 Å². The van der Waals surface area contributed by atoms with E-state index in [0.717, 1.165) is 10.8 Å². The highest BCUT2D eigenvalue weighted by Gasteiger charge is 2.13. The van der Waals surface area contributed by atoms with Gasteiger partial charge >= 0.3 is 0 Å². The molecule has 3 rings (SSSR count). The monoisotopic (exact) mass is 271 g/mol. The number of benzene rings is 1. The lowest BCUT2D eigenvalue weighted by atomic mass is 10.2. The summed E-state index contributed by atoms with van der Waals surface area (Å²) < 4.78 is 1.94. The molecule has 2 aromatic heterocycles. The van der Waals surface area contributed by atoms with Gasteiger partial charge in [0.25, 0.3) is 0 Å². The summed E-state index contributed by atoms with van der Waals surface area (Å²) in [6, 6.07) is 8.21. The Morgan fingerprint density at radius 1 is 1.21 bits per heavy atom. The van der Waals surface area contributed by atoms with E-state index in [1.54, 1.807) is 11.8 Å². The number of nitrogens with two attached hydrogens (primary N) is 1. The fourth-order valence-corrected chi connectivity index (χ4v) is 2.79. The van der Waals surface area contributed by atoms with Crippen molar-refractivity contribution in [3.05, 3.63) is 36.2 Å². The zero-order valence-corrected chi connectivity index (χ0v) is 11.5. The molecular weight excluding hydrogens is 258 g/mol. The molecule has 0 unspecified atom stereocenters. The average molecular weight is 271 g/mol. The third-order valence-corrected chi connectivity index (χ3v) is 4.16. The zero-order chi connectivity index (χ0) is 13.4. The molecule has 0 fully saturated rings. The van der Waals surface area contributed by atoms with E-state index >= 15 is 0 Å². The molecule has 0 spiro atoms. The lowest BCUT2D eigenvalue weighted by molar-refractivity contribution is 0.805. The van der Waals surface area contributed by atoms with Crippen molar-refractivity contribution in [1.82, 2.24) is 19.5 Å². The second kappa shape index (κ2) is 4.55. The summed E-state index contributed by atoms with van der Waals surface area (Å²) in [5.41, 5.74) is 8.45. The first kappa shape index (κ1) is 12.0. The number of nitrogens with zero attached hydrogens (tertiary/aromatic N) is 4. The number of hydrogen-bond donors (Lipinski definition) is 1. The predicted octanol–water partition coefficient (Wildman–Crippen LogP) is 2.41. The first-order valence-electron chi connectivity index (χ1n) is 5.83. The lowest BCUT2D eigenvalue weighted by Gasteiger charge is -2.04. The molecule has 0 saturated carbocycles. The summed E-state index contributed by atoms with van der Waals surface area (Å²) in [7, 11) is 1.93. The van der Waals surface area contributed by atoms with Gasteiger partial charge in [-0.3, -0.25) is 0 Å². The minimum atomic E-state index is 0.414. The maximum Gasteiger partial charge on any atom is 0.175 e. The van der Waals surface area contributed by atoms with Gasteiger partial charge in [0.2, 0.25) is 0 Å². The van der Waals surface area contributed by atoms with Crippen molar-refractivity contribution in [3.63, 3.8) is 0 Å². The molecule has 6 heteroatoms. The molecule has 0 aliphatic heterocycles. The molecule has 96 valence electrons. The van der Waals surface area contributed by atoms with Crippen LogP contribution in [0.2, 0.25) is 0 Å². The molecule has 0 saturated heterocycles. The predicted molar refractivity (Wildman–Crippen MR) is 76.0 cm³/mol. The standard InChI is InChI=1S/C13H13N5S/c1-8-5-3-4-6-9(8)19-13-17-10-11(14)15-7-16-12(10)18(13)2/h3-7H,1-2H3,(H2,14,15,16). The van der Waals surface area contributed by atoms with Crippen molar-refractivity contribution in [3.8, 4) is 0 Å². The second-order valence-electron chi connectivity index (χ2n) is 4.25. The van der Waals surface area contributed by atoms with Crippen molar-refractivity contribution >= 4 is 28.7 Å². The number of fused-ring (bicyclic) bond motifs is 1. The number of hydrogen-bond acceptors (Lipinski definition) is 5. The topological polar surface area (TPSA) is 69.6 Å². The molecule has 0 radical (unpaired) electrons. The molecule has 2 heterocycles. The van der Waals surface area contributed by atoms with Gasteiger partial charge in [-0.15, -0.1) is 0 Å². The minimum absolute atomic E-state index is 0.414. The number of aromatic nitrogens is 4. The number of rotatable bonds is 2. The largest absolute Gasteiger partial charge is 0.382 e. The summed E-state index contributed by atoms with van der Waals surface area (Å²) in [5, 5.41) is 0.858. The van der Waals surface area contributed by atoms with Gasteiger partial charge in [-0.05, 0) is 18.6 Å². The summed E-state index contributed by atoms with van der Waals surface area (Å²) in [6.07, 6.45) is 1.46. The molecule has 3 aromatic rings. The van der Waals surface area contributed by atoms with Gasteiger partial charge in [-0.1, -0.05) is 30.0 Å². The van der Waals surface area contributed by atoms with E-state index in [2.05, 4.69) is 34.0 Å². The Kier molecular flexibility index (Phi) is 2.87. The summed E-state index contributed by atoms with van der Waals surface area (Å²) >= 11 is 1.60. The first-order chi connectivity index (χ1) is 9.16. The van der Waals surface area contributed by atoms with Crippen LogP contribution in [0.4, 0.5) is 5.82 Å². The average Bonchev–Trinajstić information content (AvgIpc) is 2.72. The van der Waals surface area contributed by atoms with Crippen molar-refractivity contribution in [2.45, 2.75) is 17.0 Å². The van der Waals surface area contributed by atoms with E-state index < -0.39 is 0 Å². The number of anilines is 1. The Morgan fingerprint density at radius 3 is 2.74 bits per heavy atom. The number of imidazole rings is 1. The molecule has 0 atom stereocenters. The fraction of sp³-hybridized carbons (Fsp3) is 0.154. The fourth-order valence-electron chi connectivity index (χ4n) is 1.86. The van der Waals surface area contributed by atoms with Crippen LogP contribution in [0.25, 0.3) is 11.2 Å². The van der Waals surface area contributed by atoms with Gasteiger partial charge < -0.3 is 10.3 Å². The highest BCUT2D eigenvalue weighted by atomic mass is 32.2. The van der Waals surface area contributed by atoms with E-state index in [1.165, 1.54) is 16.8 Å². The number of nitrogen functional groups attached to an aromatic ring is 1. The van der Waals surface area contributed by atoms with Crippen LogP contribution in [0.3, 0.4) is 0 Å². The van der Waals surface area contributed by atoms with Crippen molar-refractivity contribution < 1.29 is 0 Å². The molecule has 1 aromatic carbocycles. The zero-order valence-electron chi connectivity index (χ0n) is 10.7. The Hall–Kier alpha value is -2.08. The summed E-state index contributed by atoms with van der Waals surface area (Å²) in [5.74, 6) is 0.414. The Labute approximate surface area is 114 Å². The van der Waals surface area contributed by atoms with E-state index in [0.29, 0.717) is 11.3 Å². The van der Waals surface area contributed by atoms with Gasteiger partial charge in [0.05, 0.1) is 0 Å². The quantitative estimate of drug-likeness (QED) is 0.775. The SMILES string of the molecule is Cc1ccccc1Sc1nc2c(N)ncnc2n1C. The molecule has 0 aliphatic carbocycles. The first-order valence-corrected chi connectivity index (χ1v) is 6.65.